The van der Waals surface area contributed by atoms with Gasteiger partial charge in [-0.15, -0.1) is 11.8 Å². The van der Waals surface area contributed by atoms with Gasteiger partial charge < -0.3 is 0 Å². The van der Waals surface area contributed by atoms with Gasteiger partial charge in [0.25, 0.3) is 0 Å². The third-order valence-corrected chi connectivity index (χ3v) is 4.70. The predicted octanol–water partition coefficient (Wildman–Crippen LogP) is 3.34. The van der Waals surface area contributed by atoms with Crippen LogP contribution < -0.4 is 0 Å². The maximum absolute atomic E-state index is 11.4. The fourth-order valence-corrected chi connectivity index (χ4v) is 2.89. The van der Waals surface area contributed by atoms with Gasteiger partial charge in [0.1, 0.15) is 0 Å². The Balaban J connectivity index is 3.22. The number of thioether (sulfide) groups is 1. The van der Waals surface area contributed by atoms with E-state index in [1.54, 1.807) is 18.0 Å². The molecule has 3 heteroatoms. The molecule has 0 saturated carbocycles. The summed E-state index contributed by atoms with van der Waals surface area (Å²) in [5.74, 6) is 0. The molecule has 1 atom stereocenters. The maximum atomic E-state index is 11.4. The molecule has 15 heavy (non-hydrogen) atoms. The Kier molecular flexibility index (Phi) is 4.61. The van der Waals surface area contributed by atoms with Crippen LogP contribution in [-0.4, -0.2) is 16.7 Å². The average Bonchev–Trinajstić information content (AvgIpc) is 2.17. The highest BCUT2D eigenvalue weighted by Gasteiger charge is 2.04. The van der Waals surface area contributed by atoms with Crippen LogP contribution >= 0.6 is 11.8 Å². The van der Waals surface area contributed by atoms with E-state index in [4.69, 9.17) is 0 Å². The summed E-state index contributed by atoms with van der Waals surface area (Å²) in [6.45, 7) is 4.16. The number of hydrogen-bond donors (Lipinski definition) is 0. The Labute approximate surface area is 98.4 Å². The van der Waals surface area contributed by atoms with Gasteiger partial charge in [-0.3, -0.25) is 4.21 Å². The molecule has 1 rings (SSSR count). The van der Waals surface area contributed by atoms with Crippen LogP contribution in [0.2, 0.25) is 0 Å². The third kappa shape index (κ3) is 3.21. The van der Waals surface area contributed by atoms with Gasteiger partial charge in [0.05, 0.1) is 15.0 Å². The largest absolute Gasteiger partial charge is 0.254 e. The van der Waals surface area contributed by atoms with Crippen molar-refractivity contribution in [2.24, 2.45) is 0 Å². The van der Waals surface area contributed by atoms with Gasteiger partial charge in [-0.1, -0.05) is 18.2 Å². The molecule has 1 unspecified atom stereocenters. The minimum atomic E-state index is -0.896. The van der Waals surface area contributed by atoms with Crippen LogP contribution in [0.15, 0.2) is 22.4 Å². The molecule has 0 amide bonds. The van der Waals surface area contributed by atoms with Crippen LogP contribution in [0.25, 0.3) is 6.08 Å². The summed E-state index contributed by atoms with van der Waals surface area (Å²) < 4.78 is 12.3. The van der Waals surface area contributed by atoms with Crippen molar-refractivity contribution in [3.8, 4) is 0 Å². The molecule has 0 spiro atoms. The van der Waals surface area contributed by atoms with Gasteiger partial charge in [-0.25, -0.2) is 0 Å². The molecule has 1 nitrogen and oxygen atoms in total. The molecule has 0 aliphatic carbocycles. The minimum Gasteiger partial charge on any atom is -0.254 e. The summed E-state index contributed by atoms with van der Waals surface area (Å²) in [5, 5.41) is 0. The molecule has 1 aromatic rings. The summed E-state index contributed by atoms with van der Waals surface area (Å²) in [5.41, 5.74) is 3.65. The van der Waals surface area contributed by atoms with E-state index in [2.05, 4.69) is 26.0 Å². The van der Waals surface area contributed by atoms with E-state index >= 15 is 0 Å². The molecule has 0 saturated heterocycles. The van der Waals surface area contributed by atoms with Crippen molar-refractivity contribution in [2.45, 2.75) is 13.8 Å². The molecule has 0 heterocycles. The first-order valence-corrected chi connectivity index (χ1v) is 7.50. The summed E-state index contributed by atoms with van der Waals surface area (Å²) in [6, 6.07) is 6.20. The molecule has 1 aromatic carbocycles. The van der Waals surface area contributed by atoms with Crippen molar-refractivity contribution < 1.29 is 4.21 Å². The van der Waals surface area contributed by atoms with Crippen LogP contribution in [0.1, 0.15) is 16.7 Å². The van der Waals surface area contributed by atoms with Crippen molar-refractivity contribution in [1.82, 2.24) is 0 Å². The van der Waals surface area contributed by atoms with E-state index in [1.807, 2.05) is 18.4 Å². The van der Waals surface area contributed by atoms with Crippen LogP contribution in [0.3, 0.4) is 0 Å². The van der Waals surface area contributed by atoms with Crippen LogP contribution in [-0.2, 0) is 10.8 Å². The maximum Gasteiger partial charge on any atom is 0.0716 e. The fraction of sp³-hybridized carbons (Fsp3) is 0.333. The van der Waals surface area contributed by atoms with Crippen LogP contribution in [0.4, 0.5) is 0 Å². The monoisotopic (exact) mass is 240 g/mol. The highest BCUT2D eigenvalue weighted by Crippen LogP contribution is 2.23. The van der Waals surface area contributed by atoms with Crippen molar-refractivity contribution in [2.75, 3.05) is 12.5 Å². The zero-order chi connectivity index (χ0) is 11.4. The number of hydrogen-bond acceptors (Lipinski definition) is 2. The van der Waals surface area contributed by atoms with Gasteiger partial charge in [0, 0.05) is 6.26 Å². The highest BCUT2D eigenvalue weighted by atomic mass is 32.2. The van der Waals surface area contributed by atoms with Crippen LogP contribution in [0, 0.1) is 13.8 Å². The minimum absolute atomic E-state index is 0.896. The molecule has 0 fully saturated rings. The number of rotatable bonds is 3. The molecule has 0 aliphatic heterocycles. The zero-order valence-corrected chi connectivity index (χ0v) is 11.2. The Hall–Kier alpha value is -0.540. The first-order valence-electron chi connectivity index (χ1n) is 4.71. The van der Waals surface area contributed by atoms with Crippen molar-refractivity contribution in [3.63, 3.8) is 0 Å². The standard InChI is InChI=1S/C12H16OS2/c1-9-6-5-7-10(2)11(9)8-12(14-3)15(4)13/h5-8H,1-4H3/b12-8+. The second-order valence-electron chi connectivity index (χ2n) is 3.43. The third-order valence-electron chi connectivity index (χ3n) is 2.29. The fourth-order valence-electron chi connectivity index (χ4n) is 1.43. The van der Waals surface area contributed by atoms with E-state index in [0.717, 1.165) is 4.24 Å². The Morgan fingerprint density at radius 2 is 1.87 bits per heavy atom. The molecule has 0 N–H and O–H groups in total. The van der Waals surface area contributed by atoms with Crippen molar-refractivity contribution in [3.05, 3.63) is 39.1 Å². The summed E-state index contributed by atoms with van der Waals surface area (Å²) >= 11 is 1.55. The smallest absolute Gasteiger partial charge is 0.0716 e. The van der Waals surface area contributed by atoms with Gasteiger partial charge in [-0.2, -0.15) is 0 Å². The van der Waals surface area contributed by atoms with E-state index in [0.29, 0.717) is 0 Å². The predicted molar refractivity (Wildman–Crippen MR) is 71.5 cm³/mol. The zero-order valence-electron chi connectivity index (χ0n) is 9.53. The van der Waals surface area contributed by atoms with Gasteiger partial charge in [0.2, 0.25) is 0 Å². The number of benzene rings is 1. The Bertz CT molecular complexity index is 388. The van der Waals surface area contributed by atoms with Gasteiger partial charge >= 0.3 is 0 Å². The lowest BCUT2D eigenvalue weighted by Crippen LogP contribution is -1.90. The average molecular weight is 240 g/mol. The van der Waals surface area contributed by atoms with Crippen LogP contribution in [0.5, 0.6) is 0 Å². The summed E-state index contributed by atoms with van der Waals surface area (Å²) in [4.78, 5) is 0. The van der Waals surface area contributed by atoms with E-state index in [-0.39, 0.29) is 0 Å². The first kappa shape index (κ1) is 12.5. The molecule has 0 bridgehead atoms. The van der Waals surface area contributed by atoms with Gasteiger partial charge in [0.15, 0.2) is 0 Å². The lowest BCUT2D eigenvalue weighted by molar-refractivity contribution is 0.691. The molecular weight excluding hydrogens is 224 g/mol. The normalized spacial score (nSPS) is 14.0. The first-order chi connectivity index (χ1) is 7.06. The molecule has 0 aromatic heterocycles. The number of aryl methyl sites for hydroxylation is 2. The van der Waals surface area contributed by atoms with E-state index in [1.165, 1.54) is 16.7 Å². The lowest BCUT2D eigenvalue weighted by Gasteiger charge is -2.06. The van der Waals surface area contributed by atoms with Gasteiger partial charge in [-0.05, 0) is 42.9 Å². The summed E-state index contributed by atoms with van der Waals surface area (Å²) in [6.07, 6.45) is 5.71. The SMILES string of the molecule is CS/C(=C\c1c(C)cccc1C)S(C)=O. The van der Waals surface area contributed by atoms with Crippen molar-refractivity contribution in [1.29, 1.82) is 0 Å². The second-order valence-corrected chi connectivity index (χ2v) is 5.88. The van der Waals surface area contributed by atoms with E-state index < -0.39 is 10.8 Å². The van der Waals surface area contributed by atoms with Crippen molar-refractivity contribution >= 4 is 28.6 Å². The molecular formula is C12H16OS2. The molecule has 0 radical (unpaired) electrons. The summed E-state index contributed by atoms with van der Waals surface area (Å²) in [7, 11) is -0.896. The Morgan fingerprint density at radius 1 is 1.33 bits per heavy atom. The topological polar surface area (TPSA) is 17.1 Å². The Morgan fingerprint density at radius 3 is 2.27 bits per heavy atom. The quantitative estimate of drug-likeness (QED) is 0.806. The lowest BCUT2D eigenvalue weighted by atomic mass is 10.0. The molecule has 82 valence electrons. The highest BCUT2D eigenvalue weighted by molar-refractivity contribution is 8.16. The second kappa shape index (κ2) is 5.52. The van der Waals surface area contributed by atoms with E-state index in [9.17, 15) is 4.21 Å². The molecule has 0 aliphatic rings.